The number of phenolic OH excluding ortho intramolecular Hbond substituents is 4. The standard InChI is InChI=1S/C32H28O9/c1-13-5-14-7-15-9-21(40-3)28(31(38)25(15)29(36)23(14)18(33)6-13)27-17-8-16-11-32(2,39)12-20(35)24(16)30(37)26(17)19(34)10-22(27)41-4/h5-6,8-10,33-34,37-39H,7,11-12H2,1-4H3/t32-/m1/s1. The number of hydrogen-bond acceptors (Lipinski definition) is 9. The highest BCUT2D eigenvalue weighted by Crippen LogP contribution is 2.54. The summed E-state index contributed by atoms with van der Waals surface area (Å²) in [5.74, 6) is -2.19. The molecule has 0 heterocycles. The molecule has 0 unspecified atom stereocenters. The van der Waals surface area contributed by atoms with Crippen molar-refractivity contribution in [3.8, 4) is 45.6 Å². The van der Waals surface area contributed by atoms with Gasteiger partial charge in [-0.25, -0.2) is 0 Å². The average molecular weight is 557 g/mol. The molecule has 2 aliphatic rings. The number of ether oxygens (including phenoxy) is 2. The quantitative estimate of drug-likeness (QED) is 0.213. The molecule has 0 aliphatic heterocycles. The minimum Gasteiger partial charge on any atom is -0.507 e. The highest BCUT2D eigenvalue weighted by atomic mass is 16.5. The number of benzene rings is 4. The summed E-state index contributed by atoms with van der Waals surface area (Å²) in [5, 5.41) is 55.5. The maximum Gasteiger partial charge on any atom is 0.201 e. The second-order valence-electron chi connectivity index (χ2n) is 11.1. The van der Waals surface area contributed by atoms with Crippen LogP contribution in [0.4, 0.5) is 0 Å². The van der Waals surface area contributed by atoms with Gasteiger partial charge in [0.2, 0.25) is 5.78 Å². The van der Waals surface area contributed by atoms with Gasteiger partial charge in [-0.15, -0.1) is 0 Å². The minimum atomic E-state index is -1.35. The molecule has 0 saturated heterocycles. The Kier molecular flexibility index (Phi) is 5.73. The highest BCUT2D eigenvalue weighted by Gasteiger charge is 2.38. The van der Waals surface area contributed by atoms with Gasteiger partial charge in [0, 0.05) is 29.9 Å². The van der Waals surface area contributed by atoms with Gasteiger partial charge in [0.25, 0.3) is 0 Å². The molecule has 4 aromatic rings. The second kappa shape index (κ2) is 8.87. The van der Waals surface area contributed by atoms with E-state index in [4.69, 9.17) is 9.47 Å². The summed E-state index contributed by atoms with van der Waals surface area (Å²) in [6.07, 6.45) is 0.114. The zero-order valence-electron chi connectivity index (χ0n) is 22.9. The largest absolute Gasteiger partial charge is 0.507 e. The molecule has 0 bridgehead atoms. The van der Waals surface area contributed by atoms with Gasteiger partial charge >= 0.3 is 0 Å². The molecular formula is C32H28O9. The van der Waals surface area contributed by atoms with Crippen LogP contribution < -0.4 is 9.47 Å². The van der Waals surface area contributed by atoms with Crippen molar-refractivity contribution in [3.63, 3.8) is 0 Å². The molecule has 210 valence electrons. The Morgan fingerprint density at radius 1 is 0.707 bits per heavy atom. The van der Waals surface area contributed by atoms with Crippen LogP contribution in [-0.4, -0.2) is 56.9 Å². The average Bonchev–Trinajstić information content (AvgIpc) is 2.86. The number of phenols is 4. The van der Waals surface area contributed by atoms with Crippen LogP contribution in [0, 0.1) is 6.92 Å². The Bertz CT molecular complexity index is 1850. The number of carbonyl (C=O) groups is 2. The zero-order chi connectivity index (χ0) is 29.5. The first-order valence-electron chi connectivity index (χ1n) is 13.0. The summed E-state index contributed by atoms with van der Waals surface area (Å²) in [6.45, 7) is 3.34. The van der Waals surface area contributed by atoms with E-state index in [2.05, 4.69) is 0 Å². The number of aliphatic hydroxyl groups is 1. The second-order valence-corrected chi connectivity index (χ2v) is 11.1. The molecule has 0 aromatic heterocycles. The minimum absolute atomic E-state index is 0.00891. The van der Waals surface area contributed by atoms with Gasteiger partial charge in [0.15, 0.2) is 5.78 Å². The molecule has 9 heteroatoms. The molecular weight excluding hydrogens is 528 g/mol. The van der Waals surface area contributed by atoms with E-state index in [0.717, 1.165) is 5.56 Å². The lowest BCUT2D eigenvalue weighted by Gasteiger charge is -2.30. The van der Waals surface area contributed by atoms with Crippen LogP contribution in [0.5, 0.6) is 34.5 Å². The number of aromatic hydroxyl groups is 4. The third kappa shape index (κ3) is 3.80. The summed E-state index contributed by atoms with van der Waals surface area (Å²) in [6, 6.07) is 7.75. The predicted octanol–water partition coefficient (Wildman–Crippen LogP) is 4.67. The van der Waals surface area contributed by atoms with E-state index >= 15 is 0 Å². The fourth-order valence-electron chi connectivity index (χ4n) is 6.42. The molecule has 0 fully saturated rings. The van der Waals surface area contributed by atoms with Crippen molar-refractivity contribution in [1.29, 1.82) is 0 Å². The molecule has 1 atom stereocenters. The lowest BCUT2D eigenvalue weighted by molar-refractivity contribution is 0.0409. The fraction of sp³-hybridized carbons (Fsp3) is 0.250. The van der Waals surface area contributed by atoms with E-state index < -0.39 is 28.7 Å². The summed E-state index contributed by atoms with van der Waals surface area (Å²) in [4.78, 5) is 26.6. The molecule has 9 nitrogen and oxygen atoms in total. The van der Waals surface area contributed by atoms with E-state index in [-0.39, 0.29) is 80.9 Å². The molecule has 5 N–H and O–H groups in total. The maximum atomic E-state index is 13.7. The van der Waals surface area contributed by atoms with Crippen molar-refractivity contribution in [3.05, 3.63) is 69.3 Å². The monoisotopic (exact) mass is 556 g/mol. The first-order valence-corrected chi connectivity index (χ1v) is 13.0. The number of carbonyl (C=O) groups excluding carboxylic acids is 2. The van der Waals surface area contributed by atoms with Gasteiger partial charge in [0.1, 0.15) is 34.5 Å². The van der Waals surface area contributed by atoms with E-state index in [0.29, 0.717) is 16.7 Å². The Hall–Kier alpha value is -4.76. The van der Waals surface area contributed by atoms with Crippen LogP contribution in [-0.2, 0) is 12.8 Å². The SMILES string of the molecule is COc1cc2c(c(O)c1-c1c(OC)cc(O)c3c(O)c4c(cc13)C[C@@](C)(O)CC4=O)C(=O)c1c(O)cc(C)cc1C2. The molecule has 0 spiro atoms. The summed E-state index contributed by atoms with van der Waals surface area (Å²) in [5.41, 5.74) is 1.25. The Morgan fingerprint density at radius 2 is 1.37 bits per heavy atom. The van der Waals surface area contributed by atoms with Crippen molar-refractivity contribution >= 4 is 22.3 Å². The Morgan fingerprint density at radius 3 is 2.05 bits per heavy atom. The summed E-state index contributed by atoms with van der Waals surface area (Å²) >= 11 is 0. The number of methoxy groups -OCH3 is 2. The van der Waals surface area contributed by atoms with Crippen molar-refractivity contribution in [2.75, 3.05) is 14.2 Å². The van der Waals surface area contributed by atoms with Gasteiger partial charge in [0.05, 0.1) is 47.5 Å². The van der Waals surface area contributed by atoms with Crippen molar-refractivity contribution in [2.45, 2.75) is 38.7 Å². The lowest BCUT2D eigenvalue weighted by atomic mass is 9.77. The number of hydrogen-bond donors (Lipinski definition) is 5. The topological polar surface area (TPSA) is 154 Å². The summed E-state index contributed by atoms with van der Waals surface area (Å²) in [7, 11) is 2.77. The third-order valence-corrected chi connectivity index (χ3v) is 8.03. The molecule has 41 heavy (non-hydrogen) atoms. The predicted molar refractivity (Wildman–Crippen MR) is 150 cm³/mol. The molecule has 2 aliphatic carbocycles. The number of Topliss-reactive ketones (excluding diaryl/α,β-unsaturated/α-hetero) is 1. The van der Waals surface area contributed by atoms with Crippen LogP contribution in [0.3, 0.4) is 0 Å². The maximum absolute atomic E-state index is 13.7. The van der Waals surface area contributed by atoms with Gasteiger partial charge in [-0.3, -0.25) is 9.59 Å². The van der Waals surface area contributed by atoms with E-state index in [1.165, 1.54) is 33.3 Å². The first kappa shape index (κ1) is 26.5. The lowest BCUT2D eigenvalue weighted by Crippen LogP contribution is -2.35. The Labute approximate surface area is 234 Å². The smallest absolute Gasteiger partial charge is 0.201 e. The van der Waals surface area contributed by atoms with E-state index in [1.54, 1.807) is 12.1 Å². The van der Waals surface area contributed by atoms with Crippen LogP contribution in [0.1, 0.15) is 61.9 Å². The Balaban J connectivity index is 1.71. The van der Waals surface area contributed by atoms with Crippen molar-refractivity contribution < 1.29 is 44.6 Å². The molecule has 4 aromatic carbocycles. The first-order chi connectivity index (χ1) is 19.4. The molecule has 0 saturated carbocycles. The number of ketones is 2. The summed E-state index contributed by atoms with van der Waals surface area (Å²) < 4.78 is 11.3. The zero-order valence-corrected chi connectivity index (χ0v) is 22.9. The fourth-order valence-corrected chi connectivity index (χ4v) is 6.42. The van der Waals surface area contributed by atoms with Crippen molar-refractivity contribution in [2.24, 2.45) is 0 Å². The van der Waals surface area contributed by atoms with Crippen LogP contribution in [0.25, 0.3) is 21.9 Å². The van der Waals surface area contributed by atoms with Gasteiger partial charge in [-0.2, -0.15) is 0 Å². The molecule has 0 amide bonds. The highest BCUT2D eigenvalue weighted by molar-refractivity contribution is 6.19. The van der Waals surface area contributed by atoms with Gasteiger partial charge in [-0.1, -0.05) is 6.07 Å². The van der Waals surface area contributed by atoms with Crippen molar-refractivity contribution in [1.82, 2.24) is 0 Å². The van der Waals surface area contributed by atoms with Crippen LogP contribution in [0.2, 0.25) is 0 Å². The molecule has 6 rings (SSSR count). The third-order valence-electron chi connectivity index (χ3n) is 8.03. The van der Waals surface area contributed by atoms with Crippen LogP contribution >= 0.6 is 0 Å². The number of fused-ring (bicyclic) bond motifs is 4. The van der Waals surface area contributed by atoms with Gasteiger partial charge < -0.3 is 35.0 Å². The van der Waals surface area contributed by atoms with Gasteiger partial charge in [-0.05, 0) is 60.7 Å². The molecule has 0 radical (unpaired) electrons. The number of aryl methyl sites for hydroxylation is 1. The van der Waals surface area contributed by atoms with Crippen LogP contribution in [0.15, 0.2) is 30.3 Å². The van der Waals surface area contributed by atoms with E-state index in [9.17, 15) is 35.1 Å². The number of rotatable bonds is 3. The normalized spacial score (nSPS) is 17.7. The van der Waals surface area contributed by atoms with E-state index in [1.807, 2.05) is 13.0 Å².